The number of nitrogens with one attached hydrogen (secondary N) is 3. The fraction of sp³-hybridized carbons (Fsp3) is 0.235. The Bertz CT molecular complexity index is 962. The van der Waals surface area contributed by atoms with E-state index in [-0.39, 0.29) is 11.7 Å². The number of benzene rings is 1. The third kappa shape index (κ3) is 7.01. The van der Waals surface area contributed by atoms with E-state index in [1.165, 1.54) is 11.8 Å². The molecule has 152 valence electrons. The lowest BCUT2D eigenvalue weighted by Crippen LogP contribution is -2.50. The SMILES string of the molecule is [N-]=[N+]=Nc1ccc(C(CI)C(=O)NN[C@@H](CSc2ccc[nH]c2=S)C(=O)O)cc1. The molecule has 0 radical (unpaired) electrons. The molecular formula is C17H17IN6O3S2. The van der Waals surface area contributed by atoms with Crippen LogP contribution in [0.1, 0.15) is 11.5 Å². The van der Waals surface area contributed by atoms with Crippen LogP contribution in [0.2, 0.25) is 0 Å². The number of amides is 1. The Balaban J connectivity index is 1.98. The minimum Gasteiger partial charge on any atom is -0.480 e. The fourth-order valence-electron chi connectivity index (χ4n) is 2.25. The van der Waals surface area contributed by atoms with Crippen molar-refractivity contribution in [2.45, 2.75) is 16.9 Å². The molecule has 0 aliphatic carbocycles. The number of nitrogens with zero attached hydrogens (tertiary/aromatic N) is 3. The van der Waals surface area contributed by atoms with Crippen LogP contribution < -0.4 is 10.9 Å². The summed E-state index contributed by atoms with van der Waals surface area (Å²) in [6.07, 6.45) is 1.70. The van der Waals surface area contributed by atoms with Crippen LogP contribution >= 0.6 is 46.6 Å². The zero-order valence-corrected chi connectivity index (χ0v) is 18.7. The first kappa shape index (κ1) is 23.2. The largest absolute Gasteiger partial charge is 0.480 e. The molecule has 0 aliphatic heterocycles. The Morgan fingerprint density at radius 2 is 2.07 bits per heavy atom. The van der Waals surface area contributed by atoms with E-state index in [0.29, 0.717) is 14.8 Å². The number of aromatic amines is 1. The number of alkyl halides is 1. The van der Waals surface area contributed by atoms with Crippen molar-refractivity contribution in [1.82, 2.24) is 15.8 Å². The smallest absolute Gasteiger partial charge is 0.323 e. The molecule has 1 amide bonds. The highest BCUT2D eigenvalue weighted by molar-refractivity contribution is 14.1. The number of halogens is 1. The molecule has 29 heavy (non-hydrogen) atoms. The summed E-state index contributed by atoms with van der Waals surface area (Å²) in [7, 11) is 0. The molecule has 9 nitrogen and oxygen atoms in total. The van der Waals surface area contributed by atoms with E-state index in [4.69, 9.17) is 17.7 Å². The van der Waals surface area contributed by atoms with Gasteiger partial charge in [0.1, 0.15) is 10.7 Å². The van der Waals surface area contributed by atoms with Crippen molar-refractivity contribution < 1.29 is 14.7 Å². The number of hydrazine groups is 1. The van der Waals surface area contributed by atoms with Gasteiger partial charge in [-0.25, -0.2) is 5.43 Å². The minimum atomic E-state index is -1.09. The van der Waals surface area contributed by atoms with Gasteiger partial charge in [-0.2, -0.15) is 0 Å². The Morgan fingerprint density at radius 3 is 2.66 bits per heavy atom. The maximum absolute atomic E-state index is 12.6. The van der Waals surface area contributed by atoms with Gasteiger partial charge in [-0.1, -0.05) is 64.2 Å². The molecule has 1 unspecified atom stereocenters. The molecule has 0 spiro atoms. The number of thioether (sulfide) groups is 1. The summed E-state index contributed by atoms with van der Waals surface area (Å²) < 4.78 is 1.01. The molecule has 1 heterocycles. The number of aliphatic carboxylic acids is 1. The highest BCUT2D eigenvalue weighted by Gasteiger charge is 2.23. The number of hydrogen-bond acceptors (Lipinski definition) is 6. The van der Waals surface area contributed by atoms with E-state index >= 15 is 0 Å². The van der Waals surface area contributed by atoms with Crippen LogP contribution in [0.25, 0.3) is 10.4 Å². The van der Waals surface area contributed by atoms with E-state index in [1.54, 1.807) is 42.6 Å². The number of H-pyrrole nitrogens is 1. The van der Waals surface area contributed by atoms with Crippen molar-refractivity contribution in [3.05, 3.63) is 63.2 Å². The Morgan fingerprint density at radius 1 is 1.34 bits per heavy atom. The van der Waals surface area contributed by atoms with Crippen molar-refractivity contribution in [3.8, 4) is 0 Å². The molecule has 0 bridgehead atoms. The number of carboxylic acids is 1. The Hall–Kier alpha value is -2.12. The second kappa shape index (κ2) is 11.8. The fourth-order valence-corrected chi connectivity index (χ4v) is 4.41. The summed E-state index contributed by atoms with van der Waals surface area (Å²) in [5.41, 5.74) is 14.7. The first-order valence-corrected chi connectivity index (χ1v) is 11.2. The van der Waals surface area contributed by atoms with Gasteiger partial charge in [-0.05, 0) is 23.2 Å². The van der Waals surface area contributed by atoms with Gasteiger partial charge in [0.05, 0.1) is 5.92 Å². The molecule has 0 saturated carbocycles. The highest BCUT2D eigenvalue weighted by atomic mass is 127. The van der Waals surface area contributed by atoms with E-state index in [1.807, 2.05) is 0 Å². The summed E-state index contributed by atoms with van der Waals surface area (Å²) in [5, 5.41) is 12.9. The zero-order chi connectivity index (χ0) is 21.2. The van der Waals surface area contributed by atoms with Gasteiger partial charge < -0.3 is 10.1 Å². The molecule has 0 saturated heterocycles. The topological polar surface area (TPSA) is 143 Å². The maximum Gasteiger partial charge on any atom is 0.323 e. The quantitative estimate of drug-likeness (QED) is 0.0519. The number of carbonyl (C=O) groups is 2. The first-order valence-electron chi connectivity index (χ1n) is 8.26. The Labute approximate surface area is 189 Å². The monoisotopic (exact) mass is 544 g/mol. The van der Waals surface area contributed by atoms with Crippen molar-refractivity contribution in [1.29, 1.82) is 0 Å². The van der Waals surface area contributed by atoms with Crippen molar-refractivity contribution in [2.75, 3.05) is 10.2 Å². The number of azide groups is 1. The van der Waals surface area contributed by atoms with Gasteiger partial charge in [-0.3, -0.25) is 15.0 Å². The second-order valence-corrected chi connectivity index (χ2v) is 8.04. The minimum absolute atomic E-state index is 0.173. The average molecular weight is 544 g/mol. The summed E-state index contributed by atoms with van der Waals surface area (Å²) in [5.74, 6) is -1.77. The van der Waals surface area contributed by atoms with Gasteiger partial charge in [0.15, 0.2) is 0 Å². The second-order valence-electron chi connectivity index (χ2n) is 5.69. The van der Waals surface area contributed by atoms with Crippen LogP contribution in [0.3, 0.4) is 0 Å². The predicted molar refractivity (Wildman–Crippen MR) is 122 cm³/mol. The number of pyridine rings is 1. The first-order chi connectivity index (χ1) is 14.0. The third-order valence-corrected chi connectivity index (χ3v) is 6.28. The average Bonchev–Trinajstić information content (AvgIpc) is 2.71. The van der Waals surface area contributed by atoms with Crippen LogP contribution in [0.4, 0.5) is 5.69 Å². The molecule has 4 N–H and O–H groups in total. The maximum atomic E-state index is 12.6. The van der Waals surface area contributed by atoms with Gasteiger partial charge in [0.25, 0.3) is 0 Å². The van der Waals surface area contributed by atoms with Crippen LogP contribution in [0.15, 0.2) is 52.6 Å². The summed E-state index contributed by atoms with van der Waals surface area (Å²) >= 11 is 8.53. The summed E-state index contributed by atoms with van der Waals surface area (Å²) in [6, 6.07) is 9.22. The number of hydrogen-bond donors (Lipinski definition) is 4. The van der Waals surface area contributed by atoms with Crippen LogP contribution in [0, 0.1) is 4.64 Å². The van der Waals surface area contributed by atoms with Crippen molar-refractivity contribution in [2.24, 2.45) is 5.11 Å². The van der Waals surface area contributed by atoms with Crippen LogP contribution in [-0.2, 0) is 9.59 Å². The van der Waals surface area contributed by atoms with Gasteiger partial charge in [0, 0.05) is 31.9 Å². The molecule has 0 aliphatic rings. The molecule has 1 aromatic heterocycles. The van der Waals surface area contributed by atoms with Gasteiger partial charge in [-0.15, -0.1) is 11.8 Å². The Kier molecular flexibility index (Phi) is 9.41. The van der Waals surface area contributed by atoms with Gasteiger partial charge >= 0.3 is 5.97 Å². The van der Waals surface area contributed by atoms with Crippen LogP contribution in [0.5, 0.6) is 0 Å². The molecular weight excluding hydrogens is 527 g/mol. The third-order valence-electron chi connectivity index (χ3n) is 3.78. The molecule has 2 atom stereocenters. The molecule has 0 fully saturated rings. The van der Waals surface area contributed by atoms with Gasteiger partial charge in [0.2, 0.25) is 5.91 Å². The lowest BCUT2D eigenvalue weighted by Gasteiger charge is -2.19. The number of rotatable bonds is 10. The van der Waals surface area contributed by atoms with E-state index in [9.17, 15) is 14.7 Å². The lowest BCUT2D eigenvalue weighted by molar-refractivity contribution is -0.139. The zero-order valence-electron chi connectivity index (χ0n) is 14.9. The number of aromatic nitrogens is 1. The summed E-state index contributed by atoms with van der Waals surface area (Å²) in [6.45, 7) is 0. The van der Waals surface area contributed by atoms with Crippen molar-refractivity contribution >= 4 is 64.1 Å². The lowest BCUT2D eigenvalue weighted by atomic mass is 10.0. The van der Waals surface area contributed by atoms with E-state index < -0.39 is 17.9 Å². The van der Waals surface area contributed by atoms with E-state index in [2.05, 4.69) is 48.5 Å². The highest BCUT2D eigenvalue weighted by Crippen LogP contribution is 2.22. The molecule has 2 aromatic rings. The summed E-state index contributed by atoms with van der Waals surface area (Å²) in [4.78, 5) is 30.4. The van der Waals surface area contributed by atoms with E-state index in [0.717, 1.165) is 10.5 Å². The standard InChI is InChI=1S/C17H17IN6O3S2/c18-8-12(10-3-5-11(6-4-10)21-24-19)15(25)23-22-13(17(26)27)9-29-14-2-1-7-20-16(14)28/h1-7,12-13,22H,8-9H2,(H,20,28)(H,23,25)(H,26,27)/t12?,13-/m0/s1. The number of carboxylic acid groups (broad SMARTS) is 1. The number of carbonyl (C=O) groups excluding carboxylic acids is 1. The van der Waals surface area contributed by atoms with Crippen LogP contribution in [-0.4, -0.2) is 38.2 Å². The predicted octanol–water partition coefficient (Wildman–Crippen LogP) is 4.07. The normalized spacial score (nSPS) is 12.4. The molecule has 2 rings (SSSR count). The molecule has 1 aromatic carbocycles. The molecule has 12 heteroatoms. The van der Waals surface area contributed by atoms with Crippen molar-refractivity contribution in [3.63, 3.8) is 0 Å².